The van der Waals surface area contributed by atoms with Gasteiger partial charge in [-0.1, -0.05) is 0 Å². The summed E-state index contributed by atoms with van der Waals surface area (Å²) in [5.41, 5.74) is 12.3. The molecule has 6 heteroatoms. The van der Waals surface area contributed by atoms with Crippen molar-refractivity contribution >= 4 is 22.6 Å². The highest BCUT2D eigenvalue weighted by atomic mass is 16.5. The number of amides is 1. The normalized spacial score (nSPS) is 11.1. The molecule has 0 fully saturated rings. The van der Waals surface area contributed by atoms with Crippen LogP contribution in [0.1, 0.15) is 0 Å². The summed E-state index contributed by atoms with van der Waals surface area (Å²) in [7, 11) is 3.97. The number of rotatable bonds is 4. The molecule has 2 aromatic rings. The first kappa shape index (κ1) is 13.2. The molecule has 4 N–H and O–H groups in total. The summed E-state index contributed by atoms with van der Waals surface area (Å²) < 4.78 is 6.95. The number of hydrogen-bond acceptors (Lipinski definition) is 4. The van der Waals surface area contributed by atoms with Crippen molar-refractivity contribution in [3.05, 3.63) is 24.4 Å². The van der Waals surface area contributed by atoms with Crippen molar-refractivity contribution < 1.29 is 9.53 Å². The van der Waals surface area contributed by atoms with Crippen LogP contribution in [0.25, 0.3) is 10.9 Å². The highest BCUT2D eigenvalue weighted by Gasteiger charge is 2.10. The number of anilines is 1. The average molecular weight is 262 g/mol. The zero-order valence-corrected chi connectivity index (χ0v) is 11.1. The van der Waals surface area contributed by atoms with E-state index >= 15 is 0 Å². The SMILES string of the molecule is CN(C)CCOc1ccc2c(c1)c(N)cn2C(N)=O. The molecule has 0 aliphatic rings. The predicted octanol–water partition coefficient (Wildman–Crippen LogP) is 1.09. The standard InChI is InChI=1S/C13H18N4O2/c1-16(2)5-6-19-9-3-4-12-10(7-9)11(14)8-17(12)13(15)18/h3-4,7-8H,5-6,14H2,1-2H3,(H2,15,18). The molecule has 0 aliphatic carbocycles. The summed E-state index contributed by atoms with van der Waals surface area (Å²) in [5.74, 6) is 0.725. The van der Waals surface area contributed by atoms with Gasteiger partial charge >= 0.3 is 6.03 Å². The van der Waals surface area contributed by atoms with Crippen molar-refractivity contribution in [3.63, 3.8) is 0 Å². The van der Waals surface area contributed by atoms with Crippen molar-refractivity contribution in [2.24, 2.45) is 5.73 Å². The fraction of sp³-hybridized carbons (Fsp3) is 0.308. The molecule has 102 valence electrons. The van der Waals surface area contributed by atoms with Gasteiger partial charge in [0, 0.05) is 18.1 Å². The van der Waals surface area contributed by atoms with Crippen LogP contribution in [-0.2, 0) is 0 Å². The van der Waals surface area contributed by atoms with E-state index in [1.807, 2.05) is 25.1 Å². The van der Waals surface area contributed by atoms with Crippen molar-refractivity contribution in [1.29, 1.82) is 0 Å². The number of likely N-dealkylation sites (N-methyl/N-ethyl adjacent to an activating group) is 1. The van der Waals surface area contributed by atoms with Gasteiger partial charge in [0.25, 0.3) is 0 Å². The van der Waals surface area contributed by atoms with E-state index in [-0.39, 0.29) is 0 Å². The molecule has 6 nitrogen and oxygen atoms in total. The topological polar surface area (TPSA) is 86.5 Å². The lowest BCUT2D eigenvalue weighted by Gasteiger charge is -2.11. The largest absolute Gasteiger partial charge is 0.492 e. The van der Waals surface area contributed by atoms with Crippen LogP contribution in [-0.4, -0.2) is 42.7 Å². The number of primary amides is 1. The first-order chi connectivity index (χ1) is 8.99. The van der Waals surface area contributed by atoms with Gasteiger partial charge in [0.2, 0.25) is 0 Å². The first-order valence-corrected chi connectivity index (χ1v) is 5.97. The van der Waals surface area contributed by atoms with Crippen LogP contribution < -0.4 is 16.2 Å². The van der Waals surface area contributed by atoms with Crippen LogP contribution in [0.2, 0.25) is 0 Å². The minimum Gasteiger partial charge on any atom is -0.492 e. The average Bonchev–Trinajstić information content (AvgIpc) is 2.66. The number of ether oxygens (including phenoxy) is 1. The van der Waals surface area contributed by atoms with Crippen LogP contribution in [0.3, 0.4) is 0 Å². The Morgan fingerprint density at radius 3 is 2.79 bits per heavy atom. The van der Waals surface area contributed by atoms with E-state index in [1.165, 1.54) is 10.8 Å². The van der Waals surface area contributed by atoms with Crippen molar-refractivity contribution in [1.82, 2.24) is 9.47 Å². The molecular formula is C13H18N4O2. The van der Waals surface area contributed by atoms with Crippen LogP contribution >= 0.6 is 0 Å². The summed E-state index contributed by atoms with van der Waals surface area (Å²) in [6.45, 7) is 1.42. The molecular weight excluding hydrogens is 244 g/mol. The minimum atomic E-state index is -0.553. The Balaban J connectivity index is 2.26. The predicted molar refractivity (Wildman–Crippen MR) is 75.4 cm³/mol. The fourth-order valence-electron chi connectivity index (χ4n) is 1.85. The Labute approximate surface area is 111 Å². The van der Waals surface area contributed by atoms with Gasteiger partial charge in [-0.3, -0.25) is 4.57 Å². The molecule has 1 aromatic carbocycles. The number of aromatic nitrogens is 1. The summed E-state index contributed by atoms with van der Waals surface area (Å²) in [5, 5.41) is 0.765. The highest BCUT2D eigenvalue weighted by molar-refractivity contribution is 5.99. The van der Waals surface area contributed by atoms with Crippen LogP contribution in [0.15, 0.2) is 24.4 Å². The molecule has 0 saturated carbocycles. The first-order valence-electron chi connectivity index (χ1n) is 5.97. The Hall–Kier alpha value is -2.21. The van der Waals surface area contributed by atoms with Crippen molar-refractivity contribution in [2.45, 2.75) is 0 Å². The summed E-state index contributed by atoms with van der Waals surface area (Å²) in [6.07, 6.45) is 1.52. The molecule has 2 rings (SSSR count). The fourth-order valence-corrected chi connectivity index (χ4v) is 1.85. The number of fused-ring (bicyclic) bond motifs is 1. The lowest BCUT2D eigenvalue weighted by molar-refractivity contribution is 0.251. The van der Waals surface area contributed by atoms with Gasteiger partial charge in [-0.05, 0) is 32.3 Å². The quantitative estimate of drug-likeness (QED) is 0.863. The smallest absolute Gasteiger partial charge is 0.323 e. The molecule has 0 bridgehead atoms. The highest BCUT2D eigenvalue weighted by Crippen LogP contribution is 2.27. The number of carbonyl (C=O) groups is 1. The van der Waals surface area contributed by atoms with E-state index in [9.17, 15) is 4.79 Å². The Morgan fingerprint density at radius 1 is 1.42 bits per heavy atom. The molecule has 1 amide bonds. The van der Waals surface area contributed by atoms with E-state index in [0.717, 1.165) is 17.7 Å². The molecule has 1 aromatic heterocycles. The van der Waals surface area contributed by atoms with Crippen LogP contribution in [0.5, 0.6) is 5.75 Å². The lowest BCUT2D eigenvalue weighted by Crippen LogP contribution is -2.19. The molecule has 0 saturated heterocycles. The third kappa shape index (κ3) is 2.79. The Morgan fingerprint density at radius 2 is 2.16 bits per heavy atom. The van der Waals surface area contributed by atoms with E-state index in [2.05, 4.69) is 0 Å². The Kier molecular flexibility index (Phi) is 3.62. The molecule has 19 heavy (non-hydrogen) atoms. The molecule has 0 atom stereocenters. The lowest BCUT2D eigenvalue weighted by atomic mass is 10.2. The van der Waals surface area contributed by atoms with Crippen LogP contribution in [0, 0.1) is 0 Å². The zero-order valence-electron chi connectivity index (χ0n) is 11.1. The van der Waals surface area contributed by atoms with Crippen molar-refractivity contribution in [2.75, 3.05) is 33.0 Å². The van der Waals surface area contributed by atoms with Gasteiger partial charge in [-0.25, -0.2) is 4.79 Å². The summed E-state index contributed by atoms with van der Waals surface area (Å²) in [4.78, 5) is 13.3. The molecule has 0 spiro atoms. The van der Waals surface area contributed by atoms with Crippen molar-refractivity contribution in [3.8, 4) is 5.75 Å². The minimum absolute atomic E-state index is 0.506. The van der Waals surface area contributed by atoms with Gasteiger partial charge in [-0.2, -0.15) is 0 Å². The van der Waals surface area contributed by atoms with Gasteiger partial charge in [-0.15, -0.1) is 0 Å². The van der Waals surface area contributed by atoms with Gasteiger partial charge in [0.15, 0.2) is 0 Å². The number of nitrogens with two attached hydrogens (primary N) is 2. The maximum atomic E-state index is 11.3. The number of benzene rings is 1. The van der Waals surface area contributed by atoms with Gasteiger partial charge in [0.1, 0.15) is 12.4 Å². The second-order valence-electron chi connectivity index (χ2n) is 4.62. The van der Waals surface area contributed by atoms with E-state index in [1.54, 1.807) is 12.1 Å². The maximum Gasteiger partial charge on any atom is 0.323 e. The molecule has 0 radical (unpaired) electrons. The van der Waals surface area contributed by atoms with E-state index in [4.69, 9.17) is 16.2 Å². The number of hydrogen-bond donors (Lipinski definition) is 2. The number of carbonyl (C=O) groups excluding carboxylic acids is 1. The van der Waals surface area contributed by atoms with E-state index in [0.29, 0.717) is 17.8 Å². The summed E-state index contributed by atoms with van der Waals surface area (Å²) >= 11 is 0. The van der Waals surface area contributed by atoms with E-state index < -0.39 is 6.03 Å². The molecule has 0 aliphatic heterocycles. The second-order valence-corrected chi connectivity index (χ2v) is 4.62. The van der Waals surface area contributed by atoms with Gasteiger partial charge in [0.05, 0.1) is 11.2 Å². The summed E-state index contributed by atoms with van der Waals surface area (Å²) in [6, 6.07) is 4.85. The third-order valence-corrected chi connectivity index (χ3v) is 2.85. The number of nitrogen functional groups attached to an aromatic ring is 1. The monoisotopic (exact) mass is 262 g/mol. The Bertz CT molecular complexity index is 604. The maximum absolute atomic E-state index is 11.3. The molecule has 1 heterocycles. The second kappa shape index (κ2) is 5.19. The zero-order chi connectivity index (χ0) is 14.0. The molecule has 0 unspecified atom stereocenters. The number of nitrogens with zero attached hydrogens (tertiary/aromatic N) is 2. The van der Waals surface area contributed by atoms with Gasteiger partial charge < -0.3 is 21.1 Å². The third-order valence-electron chi connectivity index (χ3n) is 2.85. The van der Waals surface area contributed by atoms with Crippen LogP contribution in [0.4, 0.5) is 10.5 Å².